The Morgan fingerprint density at radius 2 is 1.96 bits per heavy atom. The van der Waals surface area contributed by atoms with Crippen molar-refractivity contribution in [1.29, 1.82) is 0 Å². The second-order valence-electron chi connectivity index (χ2n) is 5.12. The Bertz CT molecular complexity index is 673. The average Bonchev–Trinajstić information content (AvgIpc) is 2.53. The summed E-state index contributed by atoms with van der Waals surface area (Å²) in [6.07, 6.45) is 1.03. The second kappa shape index (κ2) is 8.44. The molecule has 0 saturated heterocycles. The van der Waals surface area contributed by atoms with Crippen molar-refractivity contribution in [2.45, 2.75) is 19.8 Å². The van der Waals surface area contributed by atoms with Crippen LogP contribution in [0.1, 0.15) is 18.4 Å². The van der Waals surface area contributed by atoms with Crippen molar-refractivity contribution in [2.24, 2.45) is 0 Å². The van der Waals surface area contributed by atoms with Gasteiger partial charge >= 0.3 is 0 Å². The summed E-state index contributed by atoms with van der Waals surface area (Å²) in [4.78, 5) is 11.9. The first-order chi connectivity index (χ1) is 11.1. The Morgan fingerprint density at radius 3 is 2.65 bits per heavy atom. The summed E-state index contributed by atoms with van der Waals surface area (Å²) in [5, 5.41) is 3.28. The number of carbonyl (C=O) groups is 1. The highest BCUT2D eigenvalue weighted by molar-refractivity contribution is 6.32. The summed E-state index contributed by atoms with van der Waals surface area (Å²) in [6.45, 7) is 2.50. The Balaban J connectivity index is 1.75. The molecule has 0 saturated carbocycles. The number of benzene rings is 2. The summed E-state index contributed by atoms with van der Waals surface area (Å²) >= 11 is 6.03. The monoisotopic (exact) mass is 333 g/mol. The number of methoxy groups -OCH3 is 1. The number of amides is 1. The van der Waals surface area contributed by atoms with Crippen LogP contribution in [0.25, 0.3) is 0 Å². The van der Waals surface area contributed by atoms with Gasteiger partial charge in [-0.15, -0.1) is 0 Å². The zero-order valence-electron chi connectivity index (χ0n) is 13.3. The van der Waals surface area contributed by atoms with Crippen LogP contribution in [0.2, 0.25) is 5.02 Å². The van der Waals surface area contributed by atoms with Crippen LogP contribution >= 0.6 is 11.6 Å². The van der Waals surface area contributed by atoms with Gasteiger partial charge in [0, 0.05) is 12.1 Å². The van der Waals surface area contributed by atoms with Crippen LogP contribution in [0, 0.1) is 6.92 Å². The van der Waals surface area contributed by atoms with Crippen LogP contribution in [0.15, 0.2) is 42.5 Å². The lowest BCUT2D eigenvalue weighted by Crippen LogP contribution is -2.13. The van der Waals surface area contributed by atoms with Gasteiger partial charge in [-0.05, 0) is 43.2 Å². The van der Waals surface area contributed by atoms with Gasteiger partial charge in [0.25, 0.3) is 0 Å². The largest absolute Gasteiger partial charge is 0.495 e. The molecule has 1 N–H and O–H groups in total. The highest BCUT2D eigenvalue weighted by Gasteiger charge is 2.06. The van der Waals surface area contributed by atoms with Crippen LogP contribution in [-0.2, 0) is 4.79 Å². The predicted octanol–water partition coefficient (Wildman–Crippen LogP) is 4.45. The van der Waals surface area contributed by atoms with E-state index in [1.807, 2.05) is 31.2 Å². The van der Waals surface area contributed by atoms with Crippen molar-refractivity contribution in [1.82, 2.24) is 0 Å². The summed E-state index contributed by atoms with van der Waals surface area (Å²) in [6, 6.07) is 13.0. The minimum absolute atomic E-state index is 0.0698. The van der Waals surface area contributed by atoms with Gasteiger partial charge in [0.1, 0.15) is 11.5 Å². The highest BCUT2D eigenvalue weighted by atomic mass is 35.5. The standard InChI is InChI=1S/C18H20ClNO3/c1-13-6-3-4-7-16(13)23-11-5-8-18(21)20-14-9-10-17(22-2)15(19)12-14/h3-4,6-7,9-10,12H,5,8,11H2,1-2H3,(H,20,21). The minimum atomic E-state index is -0.0698. The molecule has 4 nitrogen and oxygen atoms in total. The molecule has 23 heavy (non-hydrogen) atoms. The van der Waals surface area contributed by atoms with Crippen LogP contribution in [-0.4, -0.2) is 19.6 Å². The summed E-state index contributed by atoms with van der Waals surface area (Å²) in [7, 11) is 1.55. The molecule has 2 aromatic carbocycles. The molecule has 2 rings (SSSR count). The van der Waals surface area contributed by atoms with Gasteiger partial charge in [0.05, 0.1) is 18.7 Å². The van der Waals surface area contributed by atoms with Crippen molar-refractivity contribution < 1.29 is 14.3 Å². The fourth-order valence-corrected chi connectivity index (χ4v) is 2.36. The smallest absolute Gasteiger partial charge is 0.224 e. The van der Waals surface area contributed by atoms with Crippen LogP contribution < -0.4 is 14.8 Å². The zero-order chi connectivity index (χ0) is 16.7. The number of hydrogen-bond donors (Lipinski definition) is 1. The van der Waals surface area contributed by atoms with Crippen molar-refractivity contribution in [3.8, 4) is 11.5 Å². The van der Waals surface area contributed by atoms with Gasteiger partial charge in [-0.1, -0.05) is 29.8 Å². The van der Waals surface area contributed by atoms with E-state index in [0.717, 1.165) is 11.3 Å². The van der Waals surface area contributed by atoms with Gasteiger partial charge in [-0.2, -0.15) is 0 Å². The van der Waals surface area contributed by atoms with Crippen LogP contribution in [0.3, 0.4) is 0 Å². The Hall–Kier alpha value is -2.20. The number of halogens is 1. The molecular weight excluding hydrogens is 314 g/mol. The van der Waals surface area contributed by atoms with Gasteiger partial charge < -0.3 is 14.8 Å². The third kappa shape index (κ3) is 5.18. The number of para-hydroxylation sites is 1. The van der Waals surface area contributed by atoms with Crippen molar-refractivity contribution >= 4 is 23.2 Å². The zero-order valence-corrected chi connectivity index (χ0v) is 14.0. The van der Waals surface area contributed by atoms with E-state index in [0.29, 0.717) is 35.9 Å². The fraction of sp³-hybridized carbons (Fsp3) is 0.278. The summed E-state index contributed by atoms with van der Waals surface area (Å²) < 4.78 is 10.7. The average molecular weight is 334 g/mol. The van der Waals surface area contributed by atoms with E-state index in [4.69, 9.17) is 21.1 Å². The maximum absolute atomic E-state index is 11.9. The molecule has 0 heterocycles. The summed E-state index contributed by atoms with van der Waals surface area (Å²) in [5.41, 5.74) is 1.74. The van der Waals surface area contributed by atoms with Gasteiger partial charge in [-0.25, -0.2) is 0 Å². The quantitative estimate of drug-likeness (QED) is 0.761. The third-order valence-electron chi connectivity index (χ3n) is 3.33. The lowest BCUT2D eigenvalue weighted by atomic mass is 10.2. The van der Waals surface area contributed by atoms with Gasteiger partial charge in [0.15, 0.2) is 0 Å². The van der Waals surface area contributed by atoms with Crippen molar-refractivity contribution in [3.05, 3.63) is 53.1 Å². The van der Waals surface area contributed by atoms with Gasteiger partial charge in [-0.3, -0.25) is 4.79 Å². The first kappa shape index (κ1) is 17.2. The van der Waals surface area contributed by atoms with Crippen LogP contribution in [0.5, 0.6) is 11.5 Å². The molecule has 0 aliphatic rings. The van der Waals surface area contributed by atoms with E-state index in [2.05, 4.69) is 5.32 Å². The predicted molar refractivity (Wildman–Crippen MR) is 92.5 cm³/mol. The Kier molecular flexibility index (Phi) is 6.29. The normalized spacial score (nSPS) is 10.2. The molecule has 5 heteroatoms. The first-order valence-corrected chi connectivity index (χ1v) is 7.80. The van der Waals surface area contributed by atoms with E-state index in [9.17, 15) is 4.79 Å². The third-order valence-corrected chi connectivity index (χ3v) is 3.63. The molecule has 1 amide bonds. The number of anilines is 1. The molecule has 0 fully saturated rings. The number of hydrogen-bond acceptors (Lipinski definition) is 3. The molecule has 0 bridgehead atoms. The molecule has 0 aromatic heterocycles. The van der Waals surface area contributed by atoms with E-state index >= 15 is 0 Å². The Morgan fingerprint density at radius 1 is 1.17 bits per heavy atom. The number of nitrogens with one attached hydrogen (secondary N) is 1. The van der Waals surface area contributed by atoms with E-state index in [1.54, 1.807) is 25.3 Å². The second-order valence-corrected chi connectivity index (χ2v) is 5.52. The lowest BCUT2D eigenvalue weighted by molar-refractivity contribution is -0.116. The number of ether oxygens (including phenoxy) is 2. The molecule has 0 aliphatic carbocycles. The van der Waals surface area contributed by atoms with Crippen LogP contribution in [0.4, 0.5) is 5.69 Å². The Labute approximate surface area is 141 Å². The van der Waals surface area contributed by atoms with Crippen molar-refractivity contribution in [3.63, 3.8) is 0 Å². The highest BCUT2D eigenvalue weighted by Crippen LogP contribution is 2.27. The topological polar surface area (TPSA) is 47.6 Å². The molecule has 0 radical (unpaired) electrons. The molecule has 2 aromatic rings. The molecule has 0 spiro atoms. The van der Waals surface area contributed by atoms with E-state index in [1.165, 1.54) is 0 Å². The molecule has 0 aliphatic heterocycles. The number of aryl methyl sites for hydroxylation is 1. The van der Waals surface area contributed by atoms with Crippen molar-refractivity contribution in [2.75, 3.05) is 19.0 Å². The molecule has 122 valence electrons. The summed E-state index contributed by atoms with van der Waals surface area (Å²) in [5.74, 6) is 1.37. The first-order valence-electron chi connectivity index (χ1n) is 7.42. The molecule has 0 atom stereocenters. The maximum atomic E-state index is 11.9. The lowest BCUT2D eigenvalue weighted by Gasteiger charge is -2.10. The van der Waals surface area contributed by atoms with E-state index in [-0.39, 0.29) is 5.91 Å². The minimum Gasteiger partial charge on any atom is -0.495 e. The molecule has 0 unspecified atom stereocenters. The molecular formula is C18H20ClNO3. The van der Waals surface area contributed by atoms with Gasteiger partial charge in [0.2, 0.25) is 5.91 Å². The fourth-order valence-electron chi connectivity index (χ4n) is 2.10. The maximum Gasteiger partial charge on any atom is 0.224 e. The number of rotatable bonds is 7. The SMILES string of the molecule is COc1ccc(NC(=O)CCCOc2ccccc2C)cc1Cl. The number of carbonyl (C=O) groups excluding carboxylic acids is 1. The van der Waals surface area contributed by atoms with E-state index < -0.39 is 0 Å².